The lowest BCUT2D eigenvalue weighted by Gasteiger charge is -2.09. The van der Waals surface area contributed by atoms with Crippen LogP contribution in [0, 0.1) is 0 Å². The molecule has 0 aliphatic carbocycles. The van der Waals surface area contributed by atoms with E-state index in [1.807, 2.05) is 13.8 Å². The number of primary amides is 1. The van der Waals surface area contributed by atoms with Gasteiger partial charge in [-0.3, -0.25) is 9.69 Å². The summed E-state index contributed by atoms with van der Waals surface area (Å²) in [5, 5.41) is 0. The summed E-state index contributed by atoms with van der Waals surface area (Å²) in [7, 11) is 0. The second kappa shape index (κ2) is 6.16. The monoisotopic (exact) mass is 158 g/mol. The third-order valence-corrected chi connectivity index (χ3v) is 1.58. The molecule has 1 rings (SSSR count). The van der Waals surface area contributed by atoms with E-state index in [1.54, 1.807) is 0 Å². The van der Waals surface area contributed by atoms with Gasteiger partial charge in [0, 0.05) is 0 Å². The highest BCUT2D eigenvalue weighted by Gasteiger charge is 2.12. The number of carbonyl (C=O) groups excluding carboxylic acids is 1. The zero-order valence-electron chi connectivity index (χ0n) is 7.47. The van der Waals surface area contributed by atoms with Crippen molar-refractivity contribution in [2.75, 3.05) is 19.6 Å². The SMILES string of the molecule is CC.NC(=O)CN1CCCC1. The molecule has 0 spiro atoms. The fraction of sp³-hybridized carbons (Fsp3) is 0.875. The largest absolute Gasteiger partial charge is 0.369 e. The Morgan fingerprint density at radius 1 is 1.36 bits per heavy atom. The molecule has 1 aliphatic heterocycles. The number of hydrogen-bond acceptors (Lipinski definition) is 2. The minimum atomic E-state index is -0.211. The van der Waals surface area contributed by atoms with Crippen LogP contribution in [0.4, 0.5) is 0 Å². The zero-order valence-corrected chi connectivity index (χ0v) is 7.47. The molecular formula is C8H18N2O. The Labute approximate surface area is 68.6 Å². The molecule has 1 fully saturated rings. The van der Waals surface area contributed by atoms with Crippen LogP contribution in [-0.2, 0) is 4.79 Å². The Morgan fingerprint density at radius 2 is 1.82 bits per heavy atom. The van der Waals surface area contributed by atoms with E-state index < -0.39 is 0 Å². The first-order valence-electron chi connectivity index (χ1n) is 4.30. The number of nitrogens with two attached hydrogens (primary N) is 1. The van der Waals surface area contributed by atoms with Gasteiger partial charge in [0.05, 0.1) is 6.54 Å². The summed E-state index contributed by atoms with van der Waals surface area (Å²) in [5.41, 5.74) is 4.99. The smallest absolute Gasteiger partial charge is 0.231 e. The van der Waals surface area contributed by atoms with Gasteiger partial charge in [-0.05, 0) is 25.9 Å². The standard InChI is InChI=1S/C6H12N2O.C2H6/c7-6(9)5-8-3-1-2-4-8;1-2/h1-5H2,(H2,7,9);1-2H3. The van der Waals surface area contributed by atoms with Gasteiger partial charge in [0.15, 0.2) is 0 Å². The summed E-state index contributed by atoms with van der Waals surface area (Å²) in [4.78, 5) is 12.4. The molecule has 0 atom stereocenters. The number of hydrogen-bond donors (Lipinski definition) is 1. The maximum Gasteiger partial charge on any atom is 0.231 e. The predicted octanol–water partition coefficient (Wildman–Crippen LogP) is 0.594. The molecule has 1 aliphatic rings. The van der Waals surface area contributed by atoms with Crippen molar-refractivity contribution in [3.05, 3.63) is 0 Å². The fourth-order valence-electron chi connectivity index (χ4n) is 1.16. The number of likely N-dealkylation sites (tertiary alicyclic amines) is 1. The van der Waals surface area contributed by atoms with Crippen molar-refractivity contribution >= 4 is 5.91 Å². The summed E-state index contributed by atoms with van der Waals surface area (Å²) >= 11 is 0. The maximum atomic E-state index is 10.3. The van der Waals surface area contributed by atoms with Crippen molar-refractivity contribution < 1.29 is 4.79 Å². The van der Waals surface area contributed by atoms with E-state index >= 15 is 0 Å². The van der Waals surface area contributed by atoms with Gasteiger partial charge >= 0.3 is 0 Å². The molecule has 1 saturated heterocycles. The number of nitrogens with zero attached hydrogens (tertiary/aromatic N) is 1. The van der Waals surface area contributed by atoms with Gasteiger partial charge in [-0.2, -0.15) is 0 Å². The Kier molecular flexibility index (Phi) is 5.84. The Bertz CT molecular complexity index is 109. The number of rotatable bonds is 2. The summed E-state index contributed by atoms with van der Waals surface area (Å²) in [6, 6.07) is 0. The van der Waals surface area contributed by atoms with E-state index in [0.717, 1.165) is 13.1 Å². The van der Waals surface area contributed by atoms with Crippen LogP contribution in [0.3, 0.4) is 0 Å². The van der Waals surface area contributed by atoms with Crippen LogP contribution in [0.1, 0.15) is 26.7 Å². The average molecular weight is 158 g/mol. The molecule has 66 valence electrons. The lowest BCUT2D eigenvalue weighted by atomic mass is 10.4. The first-order valence-corrected chi connectivity index (χ1v) is 4.30. The van der Waals surface area contributed by atoms with Gasteiger partial charge in [0.25, 0.3) is 0 Å². The van der Waals surface area contributed by atoms with Crippen molar-refractivity contribution in [2.45, 2.75) is 26.7 Å². The molecule has 1 amide bonds. The molecule has 0 radical (unpaired) electrons. The molecule has 0 saturated carbocycles. The van der Waals surface area contributed by atoms with Crippen molar-refractivity contribution in [3.63, 3.8) is 0 Å². The molecular weight excluding hydrogens is 140 g/mol. The molecule has 3 nitrogen and oxygen atoms in total. The minimum Gasteiger partial charge on any atom is -0.369 e. The van der Waals surface area contributed by atoms with Crippen molar-refractivity contribution in [1.82, 2.24) is 4.90 Å². The van der Waals surface area contributed by atoms with Gasteiger partial charge in [0.1, 0.15) is 0 Å². The average Bonchev–Trinajstić information content (AvgIpc) is 2.43. The lowest BCUT2D eigenvalue weighted by molar-refractivity contribution is -0.118. The van der Waals surface area contributed by atoms with Gasteiger partial charge in [-0.15, -0.1) is 0 Å². The number of carbonyl (C=O) groups is 1. The molecule has 11 heavy (non-hydrogen) atoms. The second-order valence-electron chi connectivity index (χ2n) is 2.45. The normalized spacial score (nSPS) is 17.3. The summed E-state index contributed by atoms with van der Waals surface area (Å²) in [6.07, 6.45) is 2.43. The summed E-state index contributed by atoms with van der Waals surface area (Å²) in [6.45, 7) is 6.53. The maximum absolute atomic E-state index is 10.3. The minimum absolute atomic E-state index is 0.211. The van der Waals surface area contributed by atoms with E-state index in [9.17, 15) is 4.79 Å². The first-order chi connectivity index (χ1) is 5.29. The van der Waals surface area contributed by atoms with E-state index in [4.69, 9.17) is 5.73 Å². The molecule has 0 unspecified atom stereocenters. The molecule has 2 N–H and O–H groups in total. The summed E-state index contributed by atoms with van der Waals surface area (Å²) in [5.74, 6) is -0.211. The topological polar surface area (TPSA) is 46.3 Å². The van der Waals surface area contributed by atoms with Crippen LogP contribution in [0.25, 0.3) is 0 Å². The third kappa shape index (κ3) is 4.79. The van der Waals surface area contributed by atoms with Crippen molar-refractivity contribution in [3.8, 4) is 0 Å². The van der Waals surface area contributed by atoms with Crippen LogP contribution in [0.15, 0.2) is 0 Å². The van der Waals surface area contributed by atoms with Crippen LogP contribution >= 0.6 is 0 Å². The second-order valence-corrected chi connectivity index (χ2v) is 2.45. The fourth-order valence-corrected chi connectivity index (χ4v) is 1.16. The van der Waals surface area contributed by atoms with Crippen molar-refractivity contribution in [2.24, 2.45) is 5.73 Å². The van der Waals surface area contributed by atoms with Gasteiger partial charge in [-0.25, -0.2) is 0 Å². The molecule has 3 heteroatoms. The molecule has 0 aromatic rings. The highest BCUT2D eigenvalue weighted by Crippen LogP contribution is 2.05. The highest BCUT2D eigenvalue weighted by molar-refractivity contribution is 5.75. The Hall–Kier alpha value is -0.570. The highest BCUT2D eigenvalue weighted by atomic mass is 16.1. The molecule has 0 aromatic carbocycles. The molecule has 0 bridgehead atoms. The van der Waals surface area contributed by atoms with Crippen LogP contribution < -0.4 is 5.73 Å². The van der Waals surface area contributed by atoms with E-state index in [0.29, 0.717) is 6.54 Å². The van der Waals surface area contributed by atoms with Gasteiger partial charge in [-0.1, -0.05) is 13.8 Å². The third-order valence-electron chi connectivity index (χ3n) is 1.58. The van der Waals surface area contributed by atoms with Gasteiger partial charge < -0.3 is 5.73 Å². The first kappa shape index (κ1) is 10.4. The summed E-state index contributed by atoms with van der Waals surface area (Å²) < 4.78 is 0. The predicted molar refractivity (Wildman–Crippen MR) is 46.2 cm³/mol. The molecule has 0 aromatic heterocycles. The lowest BCUT2D eigenvalue weighted by Crippen LogP contribution is -2.31. The van der Waals surface area contributed by atoms with Crippen LogP contribution in [-0.4, -0.2) is 30.4 Å². The van der Waals surface area contributed by atoms with Crippen molar-refractivity contribution in [1.29, 1.82) is 0 Å². The number of amides is 1. The quantitative estimate of drug-likeness (QED) is 0.639. The molecule has 1 heterocycles. The van der Waals surface area contributed by atoms with E-state index in [-0.39, 0.29) is 5.91 Å². The van der Waals surface area contributed by atoms with Crippen LogP contribution in [0.5, 0.6) is 0 Å². The van der Waals surface area contributed by atoms with E-state index in [2.05, 4.69) is 4.90 Å². The zero-order chi connectivity index (χ0) is 8.69. The Balaban J connectivity index is 0.000000461. The van der Waals surface area contributed by atoms with E-state index in [1.165, 1.54) is 12.8 Å². The van der Waals surface area contributed by atoms with Gasteiger partial charge in [0.2, 0.25) is 5.91 Å². The Morgan fingerprint density at radius 3 is 2.18 bits per heavy atom. The van der Waals surface area contributed by atoms with Crippen LogP contribution in [0.2, 0.25) is 0 Å².